The van der Waals surface area contributed by atoms with Gasteiger partial charge in [-0.25, -0.2) is 4.98 Å². The van der Waals surface area contributed by atoms with Crippen LogP contribution in [0.25, 0.3) is 10.9 Å². The predicted molar refractivity (Wildman–Crippen MR) is 76.3 cm³/mol. The topological polar surface area (TPSA) is 54.0 Å². The Morgan fingerprint density at radius 1 is 1.37 bits per heavy atom. The number of aromatic nitrogens is 1. The Morgan fingerprint density at radius 2 is 2.11 bits per heavy atom. The van der Waals surface area contributed by atoms with Gasteiger partial charge in [0.2, 0.25) is 0 Å². The van der Waals surface area contributed by atoms with Gasteiger partial charge in [-0.3, -0.25) is 4.79 Å². The maximum absolute atomic E-state index is 12.4. The monoisotopic (exact) mass is 255 g/mol. The van der Waals surface area contributed by atoms with Crippen LogP contribution in [0.1, 0.15) is 23.7 Å². The maximum atomic E-state index is 12.4. The van der Waals surface area contributed by atoms with Crippen molar-refractivity contribution in [2.75, 3.05) is 12.4 Å². The van der Waals surface area contributed by atoms with Crippen LogP contribution in [-0.2, 0) is 0 Å². The number of fused-ring (bicyclic) bond motifs is 1. The summed E-state index contributed by atoms with van der Waals surface area (Å²) in [7, 11) is 1.81. The van der Waals surface area contributed by atoms with Crippen LogP contribution in [0.3, 0.4) is 0 Å². The first-order valence-corrected chi connectivity index (χ1v) is 6.57. The minimum atomic E-state index is -0.00977. The highest BCUT2D eigenvalue weighted by Crippen LogP contribution is 2.30. The SMILES string of the molecule is CNc1cc(C(=O)NC2CC2C)c2ccccc2n1. The number of hydrogen-bond donors (Lipinski definition) is 2. The van der Waals surface area contributed by atoms with E-state index in [1.807, 2.05) is 37.4 Å². The van der Waals surface area contributed by atoms with E-state index in [-0.39, 0.29) is 5.91 Å². The summed E-state index contributed by atoms with van der Waals surface area (Å²) < 4.78 is 0. The summed E-state index contributed by atoms with van der Waals surface area (Å²) in [5, 5.41) is 6.97. The number of para-hydroxylation sites is 1. The Hall–Kier alpha value is -2.10. The minimum Gasteiger partial charge on any atom is -0.373 e. The number of nitrogens with zero attached hydrogens (tertiary/aromatic N) is 1. The van der Waals surface area contributed by atoms with Crippen LogP contribution >= 0.6 is 0 Å². The summed E-state index contributed by atoms with van der Waals surface area (Å²) in [4.78, 5) is 16.8. The Kier molecular flexibility index (Phi) is 2.85. The van der Waals surface area contributed by atoms with E-state index < -0.39 is 0 Å². The summed E-state index contributed by atoms with van der Waals surface area (Å²) in [6.07, 6.45) is 1.08. The molecule has 1 aromatic heterocycles. The van der Waals surface area contributed by atoms with Crippen molar-refractivity contribution in [2.24, 2.45) is 5.92 Å². The van der Waals surface area contributed by atoms with Gasteiger partial charge < -0.3 is 10.6 Å². The van der Waals surface area contributed by atoms with E-state index in [1.165, 1.54) is 0 Å². The zero-order valence-electron chi connectivity index (χ0n) is 11.1. The summed E-state index contributed by atoms with van der Waals surface area (Å²) >= 11 is 0. The highest BCUT2D eigenvalue weighted by Gasteiger charge is 2.34. The molecule has 2 N–H and O–H groups in total. The van der Waals surface area contributed by atoms with E-state index in [9.17, 15) is 4.79 Å². The molecule has 2 atom stereocenters. The van der Waals surface area contributed by atoms with Crippen molar-refractivity contribution in [3.8, 4) is 0 Å². The van der Waals surface area contributed by atoms with Gasteiger partial charge in [0.1, 0.15) is 5.82 Å². The second-order valence-electron chi connectivity index (χ2n) is 5.12. The second kappa shape index (κ2) is 4.53. The smallest absolute Gasteiger partial charge is 0.252 e. The fourth-order valence-corrected chi connectivity index (χ4v) is 2.26. The van der Waals surface area contributed by atoms with E-state index in [0.29, 0.717) is 23.3 Å². The number of pyridine rings is 1. The fraction of sp³-hybridized carbons (Fsp3) is 0.333. The Labute approximate surface area is 112 Å². The van der Waals surface area contributed by atoms with E-state index in [2.05, 4.69) is 22.5 Å². The van der Waals surface area contributed by atoms with Gasteiger partial charge in [-0.1, -0.05) is 25.1 Å². The summed E-state index contributed by atoms with van der Waals surface area (Å²) in [6, 6.07) is 9.86. The lowest BCUT2D eigenvalue weighted by Crippen LogP contribution is -2.26. The summed E-state index contributed by atoms with van der Waals surface area (Å²) in [5.41, 5.74) is 1.53. The number of anilines is 1. The van der Waals surface area contributed by atoms with Crippen molar-refractivity contribution in [3.63, 3.8) is 0 Å². The normalized spacial score (nSPS) is 21.2. The molecule has 1 aromatic carbocycles. The zero-order valence-corrected chi connectivity index (χ0v) is 11.1. The molecule has 0 spiro atoms. The molecule has 2 unspecified atom stereocenters. The molecular weight excluding hydrogens is 238 g/mol. The third kappa shape index (κ3) is 2.26. The van der Waals surface area contributed by atoms with Gasteiger partial charge in [0.15, 0.2) is 0 Å². The number of carbonyl (C=O) groups is 1. The zero-order chi connectivity index (χ0) is 13.4. The van der Waals surface area contributed by atoms with Crippen LogP contribution in [0, 0.1) is 5.92 Å². The number of nitrogens with one attached hydrogen (secondary N) is 2. The van der Waals surface area contributed by atoms with Crippen molar-refractivity contribution in [3.05, 3.63) is 35.9 Å². The molecule has 98 valence electrons. The fourth-order valence-electron chi connectivity index (χ4n) is 2.26. The van der Waals surface area contributed by atoms with E-state index >= 15 is 0 Å². The molecule has 4 heteroatoms. The number of rotatable bonds is 3. The van der Waals surface area contributed by atoms with Gasteiger partial charge in [0.25, 0.3) is 5.91 Å². The molecule has 0 aliphatic heterocycles. The van der Waals surface area contributed by atoms with Crippen LogP contribution in [0.5, 0.6) is 0 Å². The molecule has 3 rings (SSSR count). The van der Waals surface area contributed by atoms with Gasteiger partial charge in [-0.05, 0) is 24.5 Å². The highest BCUT2D eigenvalue weighted by molar-refractivity contribution is 6.07. The van der Waals surface area contributed by atoms with Crippen molar-refractivity contribution in [1.29, 1.82) is 0 Å². The molecule has 19 heavy (non-hydrogen) atoms. The van der Waals surface area contributed by atoms with E-state index in [0.717, 1.165) is 17.3 Å². The van der Waals surface area contributed by atoms with Gasteiger partial charge in [-0.15, -0.1) is 0 Å². The van der Waals surface area contributed by atoms with Crippen LogP contribution < -0.4 is 10.6 Å². The third-order valence-corrected chi connectivity index (χ3v) is 3.64. The van der Waals surface area contributed by atoms with E-state index in [1.54, 1.807) is 0 Å². The largest absolute Gasteiger partial charge is 0.373 e. The molecule has 1 heterocycles. The van der Waals surface area contributed by atoms with Crippen LogP contribution in [-0.4, -0.2) is 24.0 Å². The predicted octanol–water partition coefficient (Wildman–Crippen LogP) is 2.41. The first-order chi connectivity index (χ1) is 9.19. The van der Waals surface area contributed by atoms with Crippen molar-refractivity contribution in [1.82, 2.24) is 10.3 Å². The molecule has 1 fully saturated rings. The Bertz CT molecular complexity index is 638. The number of benzene rings is 1. The molecule has 0 radical (unpaired) electrons. The lowest BCUT2D eigenvalue weighted by Gasteiger charge is -2.09. The van der Waals surface area contributed by atoms with Crippen molar-refractivity contribution in [2.45, 2.75) is 19.4 Å². The molecule has 0 bridgehead atoms. The quantitative estimate of drug-likeness (QED) is 0.885. The lowest BCUT2D eigenvalue weighted by atomic mass is 10.1. The van der Waals surface area contributed by atoms with E-state index in [4.69, 9.17) is 0 Å². The summed E-state index contributed by atoms with van der Waals surface area (Å²) in [5.74, 6) is 1.30. The number of carbonyl (C=O) groups excluding carboxylic acids is 1. The molecular formula is C15H17N3O. The van der Waals surface area contributed by atoms with Crippen LogP contribution in [0.4, 0.5) is 5.82 Å². The standard InChI is InChI=1S/C15H17N3O/c1-9-7-13(9)18-15(19)11-8-14(16-2)17-12-6-4-3-5-10(11)12/h3-6,8-9,13H,7H2,1-2H3,(H,16,17)(H,18,19). The van der Waals surface area contributed by atoms with Crippen LogP contribution in [0.15, 0.2) is 30.3 Å². The molecule has 1 aliphatic carbocycles. The average molecular weight is 255 g/mol. The average Bonchev–Trinajstić information content (AvgIpc) is 3.12. The molecule has 1 amide bonds. The molecule has 2 aromatic rings. The number of hydrogen-bond acceptors (Lipinski definition) is 3. The van der Waals surface area contributed by atoms with Gasteiger partial charge in [0.05, 0.1) is 11.1 Å². The third-order valence-electron chi connectivity index (χ3n) is 3.64. The first kappa shape index (κ1) is 12.0. The van der Waals surface area contributed by atoms with Gasteiger partial charge >= 0.3 is 0 Å². The van der Waals surface area contributed by atoms with Crippen LogP contribution in [0.2, 0.25) is 0 Å². The molecule has 1 saturated carbocycles. The molecule has 4 nitrogen and oxygen atoms in total. The maximum Gasteiger partial charge on any atom is 0.252 e. The lowest BCUT2D eigenvalue weighted by molar-refractivity contribution is 0.0951. The summed E-state index contributed by atoms with van der Waals surface area (Å²) in [6.45, 7) is 2.15. The van der Waals surface area contributed by atoms with Crippen molar-refractivity contribution < 1.29 is 4.79 Å². The highest BCUT2D eigenvalue weighted by atomic mass is 16.1. The minimum absolute atomic E-state index is 0.00977. The molecule has 0 saturated heterocycles. The van der Waals surface area contributed by atoms with Crippen molar-refractivity contribution >= 4 is 22.6 Å². The van der Waals surface area contributed by atoms with Gasteiger partial charge in [-0.2, -0.15) is 0 Å². The second-order valence-corrected chi connectivity index (χ2v) is 5.12. The Balaban J connectivity index is 2.02. The first-order valence-electron chi connectivity index (χ1n) is 6.57. The Morgan fingerprint density at radius 3 is 2.79 bits per heavy atom. The molecule has 1 aliphatic rings. The van der Waals surface area contributed by atoms with Gasteiger partial charge in [0, 0.05) is 18.5 Å². The number of amides is 1.